The molecule has 106 valence electrons. The molecule has 0 saturated heterocycles. The van der Waals surface area contributed by atoms with E-state index in [-0.39, 0.29) is 17.6 Å². The number of carboxylic acid groups (broad SMARTS) is 2. The monoisotopic (exact) mass is 272 g/mol. The van der Waals surface area contributed by atoms with Gasteiger partial charge >= 0.3 is 11.9 Å². The number of carbonyl (C=O) groups is 4. The largest absolute Gasteiger partial charge is 0.481 e. The first-order valence-corrected chi connectivity index (χ1v) is 4.91. The van der Waals surface area contributed by atoms with Crippen LogP contribution in [0.4, 0.5) is 0 Å². The molecule has 8 nitrogen and oxygen atoms in total. The second-order valence-electron chi connectivity index (χ2n) is 3.49. The summed E-state index contributed by atoms with van der Waals surface area (Å²) in [5.74, 6) is -4.62. The van der Waals surface area contributed by atoms with Crippen molar-refractivity contribution in [1.82, 2.24) is 0 Å². The molecule has 1 unspecified atom stereocenters. The quantitative estimate of drug-likeness (QED) is 0.465. The van der Waals surface area contributed by atoms with Crippen LogP contribution in [0.15, 0.2) is 24.3 Å². The molecule has 6 N–H and O–H groups in total. The molecule has 0 aliphatic carbocycles. The fourth-order valence-electron chi connectivity index (χ4n) is 0.632. The molecule has 0 bridgehead atoms. The Morgan fingerprint density at radius 1 is 1.05 bits per heavy atom. The van der Waals surface area contributed by atoms with E-state index in [1.807, 2.05) is 0 Å². The molecular formula is C11H16N2O6. The minimum atomic E-state index is -1.10. The van der Waals surface area contributed by atoms with Gasteiger partial charge in [0.2, 0.25) is 11.8 Å². The molecule has 0 fully saturated rings. The van der Waals surface area contributed by atoms with Crippen molar-refractivity contribution < 1.29 is 29.4 Å². The lowest BCUT2D eigenvalue weighted by Crippen LogP contribution is -2.23. The Kier molecular flexibility index (Phi) is 8.33. The Hall–Kier alpha value is -2.64. The highest BCUT2D eigenvalue weighted by Crippen LogP contribution is 2.06. The van der Waals surface area contributed by atoms with Crippen molar-refractivity contribution in [3.63, 3.8) is 0 Å². The molecule has 0 heterocycles. The highest BCUT2D eigenvalue weighted by atomic mass is 16.4. The van der Waals surface area contributed by atoms with Crippen LogP contribution in [0, 0.1) is 5.92 Å². The summed E-state index contributed by atoms with van der Waals surface area (Å²) in [5.41, 5.74) is 9.30. The second kappa shape index (κ2) is 8.45. The number of carbonyl (C=O) groups excluding carboxylic acids is 2. The number of amides is 2. The average molecular weight is 272 g/mol. The van der Waals surface area contributed by atoms with E-state index in [4.69, 9.17) is 15.9 Å². The van der Waals surface area contributed by atoms with Crippen molar-refractivity contribution in [2.45, 2.75) is 13.3 Å². The van der Waals surface area contributed by atoms with E-state index in [0.717, 1.165) is 0 Å². The number of hydrogen-bond donors (Lipinski definition) is 4. The molecule has 8 heteroatoms. The molecule has 2 amide bonds. The highest BCUT2D eigenvalue weighted by molar-refractivity contribution is 5.96. The summed E-state index contributed by atoms with van der Waals surface area (Å²) in [4.78, 5) is 40.4. The van der Waals surface area contributed by atoms with E-state index in [2.05, 4.69) is 18.9 Å². The first kappa shape index (κ1) is 18.7. The molecule has 0 saturated carbocycles. The number of primary amides is 2. The first-order chi connectivity index (χ1) is 8.50. The number of rotatable bonds is 6. The van der Waals surface area contributed by atoms with Gasteiger partial charge in [0.25, 0.3) is 0 Å². The van der Waals surface area contributed by atoms with Crippen LogP contribution in [0.5, 0.6) is 0 Å². The topological polar surface area (TPSA) is 161 Å². The lowest BCUT2D eigenvalue weighted by Gasteiger charge is -2.04. The summed E-state index contributed by atoms with van der Waals surface area (Å²) in [6.07, 6.45) is -0.380. The number of carboxylic acids is 2. The Balaban J connectivity index is 0. The predicted molar refractivity (Wildman–Crippen MR) is 65.7 cm³/mol. The Bertz CT molecular complexity index is 427. The van der Waals surface area contributed by atoms with Gasteiger partial charge in [0.1, 0.15) is 0 Å². The molecule has 0 aliphatic rings. The molecular weight excluding hydrogens is 256 g/mol. The van der Waals surface area contributed by atoms with Crippen molar-refractivity contribution in [3.05, 3.63) is 24.3 Å². The normalized spacial score (nSPS) is 10.4. The van der Waals surface area contributed by atoms with Gasteiger partial charge < -0.3 is 21.7 Å². The van der Waals surface area contributed by atoms with Gasteiger partial charge in [0.15, 0.2) is 0 Å². The van der Waals surface area contributed by atoms with Crippen molar-refractivity contribution in [3.8, 4) is 0 Å². The van der Waals surface area contributed by atoms with Crippen LogP contribution < -0.4 is 11.5 Å². The standard InChI is InChI=1S/C6H9NO3.C5H7NO3/c1-3(5(7)8)4(2)6(9)10;1-3(5(6)9)2-4(7)8/h4H,1H2,2H3,(H2,7,8)(H,9,10);1-2H2,(H2,6,9)(H,7,8). The van der Waals surface area contributed by atoms with E-state index in [1.54, 1.807) is 0 Å². The van der Waals surface area contributed by atoms with Crippen molar-refractivity contribution in [2.75, 3.05) is 0 Å². The Morgan fingerprint density at radius 3 is 1.58 bits per heavy atom. The van der Waals surface area contributed by atoms with Crippen LogP contribution >= 0.6 is 0 Å². The third kappa shape index (κ3) is 9.10. The van der Waals surface area contributed by atoms with Crippen molar-refractivity contribution in [1.29, 1.82) is 0 Å². The van der Waals surface area contributed by atoms with Crippen LogP contribution in [0.25, 0.3) is 0 Å². The number of hydrogen-bond acceptors (Lipinski definition) is 4. The molecule has 0 spiro atoms. The number of nitrogens with two attached hydrogens (primary N) is 2. The van der Waals surface area contributed by atoms with Crippen LogP contribution in [0.1, 0.15) is 13.3 Å². The average Bonchev–Trinajstić information content (AvgIpc) is 2.26. The Morgan fingerprint density at radius 2 is 1.47 bits per heavy atom. The maximum Gasteiger partial charge on any atom is 0.310 e. The van der Waals surface area contributed by atoms with Crippen LogP contribution in [-0.4, -0.2) is 34.0 Å². The second-order valence-corrected chi connectivity index (χ2v) is 3.49. The molecule has 1 atom stereocenters. The zero-order chi connectivity index (χ0) is 15.7. The molecule has 0 radical (unpaired) electrons. The molecule has 0 aromatic rings. The van der Waals surface area contributed by atoms with E-state index in [0.29, 0.717) is 0 Å². The zero-order valence-electron chi connectivity index (χ0n) is 10.4. The summed E-state index contributed by atoms with van der Waals surface area (Å²) >= 11 is 0. The summed E-state index contributed by atoms with van der Waals surface area (Å²) in [6.45, 7) is 7.72. The van der Waals surface area contributed by atoms with Crippen LogP contribution in [-0.2, 0) is 19.2 Å². The lowest BCUT2D eigenvalue weighted by atomic mass is 10.0. The van der Waals surface area contributed by atoms with Gasteiger partial charge in [-0.05, 0) is 6.92 Å². The zero-order valence-corrected chi connectivity index (χ0v) is 10.4. The Labute approximate surface area is 109 Å². The van der Waals surface area contributed by atoms with Crippen molar-refractivity contribution in [2.24, 2.45) is 17.4 Å². The minimum absolute atomic E-state index is 0.0764. The van der Waals surface area contributed by atoms with Crippen molar-refractivity contribution >= 4 is 23.8 Å². The van der Waals surface area contributed by atoms with Gasteiger partial charge in [-0.2, -0.15) is 0 Å². The smallest absolute Gasteiger partial charge is 0.310 e. The van der Waals surface area contributed by atoms with Gasteiger partial charge in [0, 0.05) is 11.1 Å². The molecule has 0 rings (SSSR count). The van der Waals surface area contributed by atoms with Crippen LogP contribution in [0.3, 0.4) is 0 Å². The lowest BCUT2D eigenvalue weighted by molar-refractivity contribution is -0.140. The SMILES string of the molecule is C=C(C(N)=O)C(C)C(=O)O.C=C(CC(=O)O)C(N)=O. The van der Waals surface area contributed by atoms with Gasteiger partial charge in [0.05, 0.1) is 12.3 Å². The summed E-state index contributed by atoms with van der Waals surface area (Å²) in [6, 6.07) is 0. The summed E-state index contributed by atoms with van der Waals surface area (Å²) < 4.78 is 0. The van der Waals surface area contributed by atoms with E-state index >= 15 is 0 Å². The predicted octanol–water partition coefficient (Wildman–Crippen LogP) is -0.749. The van der Waals surface area contributed by atoms with Gasteiger partial charge in [-0.25, -0.2) is 0 Å². The maximum atomic E-state index is 10.3. The van der Waals surface area contributed by atoms with Gasteiger partial charge in [-0.3, -0.25) is 19.2 Å². The highest BCUT2D eigenvalue weighted by Gasteiger charge is 2.18. The first-order valence-electron chi connectivity index (χ1n) is 4.91. The third-order valence-electron chi connectivity index (χ3n) is 1.92. The van der Waals surface area contributed by atoms with Gasteiger partial charge in [-0.1, -0.05) is 13.2 Å². The van der Waals surface area contributed by atoms with Crippen LogP contribution in [0.2, 0.25) is 0 Å². The number of aliphatic carboxylic acids is 2. The maximum absolute atomic E-state index is 10.3. The van der Waals surface area contributed by atoms with E-state index in [1.165, 1.54) is 6.92 Å². The molecule has 0 aromatic carbocycles. The van der Waals surface area contributed by atoms with E-state index in [9.17, 15) is 19.2 Å². The third-order valence-corrected chi connectivity index (χ3v) is 1.92. The fraction of sp³-hybridized carbons (Fsp3) is 0.273. The van der Waals surface area contributed by atoms with E-state index < -0.39 is 29.7 Å². The summed E-state index contributed by atoms with van der Waals surface area (Å²) in [5, 5.41) is 16.4. The minimum Gasteiger partial charge on any atom is -0.481 e. The molecule has 19 heavy (non-hydrogen) atoms. The van der Waals surface area contributed by atoms with Gasteiger partial charge in [-0.15, -0.1) is 0 Å². The molecule has 0 aromatic heterocycles. The molecule has 0 aliphatic heterocycles. The fourth-order valence-corrected chi connectivity index (χ4v) is 0.632. The summed E-state index contributed by atoms with van der Waals surface area (Å²) in [7, 11) is 0.